The molecule has 0 bridgehead atoms. The quantitative estimate of drug-likeness (QED) is 0.0563. The van der Waals surface area contributed by atoms with E-state index in [0.29, 0.717) is 31.7 Å². The number of carbonyl (C=O) groups is 1. The van der Waals surface area contributed by atoms with E-state index in [4.69, 9.17) is 16.6 Å². The highest BCUT2D eigenvalue weighted by molar-refractivity contribution is 7.94. The van der Waals surface area contributed by atoms with Crippen LogP contribution in [0.4, 0.5) is 40.9 Å². The molecule has 0 aliphatic heterocycles. The zero-order valence-electron chi connectivity index (χ0n) is 36.3. The van der Waals surface area contributed by atoms with Gasteiger partial charge in [-0.25, -0.2) is 48.2 Å². The monoisotopic (exact) mass is 1000 g/mol. The fourth-order valence-corrected chi connectivity index (χ4v) is 11.3. The predicted octanol–water partition coefficient (Wildman–Crippen LogP) is 9.42. The van der Waals surface area contributed by atoms with E-state index in [-0.39, 0.29) is 60.3 Å². The van der Waals surface area contributed by atoms with Gasteiger partial charge in [0.1, 0.15) is 40.0 Å². The van der Waals surface area contributed by atoms with Crippen LogP contribution in [0.5, 0.6) is 0 Å². The molecule has 0 saturated heterocycles. The smallest absolute Gasteiger partial charge is 0.290 e. The second-order valence-electron chi connectivity index (χ2n) is 17.1. The molecular weight excluding hydrogens is 958 g/mol. The van der Waals surface area contributed by atoms with Crippen molar-refractivity contribution < 1.29 is 56.8 Å². The van der Waals surface area contributed by atoms with Crippen molar-refractivity contribution in [1.29, 1.82) is 0 Å². The Labute approximate surface area is 385 Å². The number of hydrogen-bond donors (Lipinski definition) is 2. The molecule has 360 valence electrons. The predicted molar refractivity (Wildman–Crippen MR) is 234 cm³/mol. The van der Waals surface area contributed by atoms with Crippen molar-refractivity contribution in [2.24, 2.45) is 7.05 Å². The van der Waals surface area contributed by atoms with Gasteiger partial charge in [-0.1, -0.05) is 43.4 Å². The summed E-state index contributed by atoms with van der Waals surface area (Å²) in [5.74, 6) is -6.41. The fraction of sp³-hybridized carbons (Fsp3) is 0.455. The average molecular weight is 1000 g/mol. The van der Waals surface area contributed by atoms with Gasteiger partial charge >= 0.3 is 0 Å². The maximum absolute atomic E-state index is 15.4. The highest BCUT2D eigenvalue weighted by Gasteiger charge is 2.55. The highest BCUT2D eigenvalue weighted by atomic mass is 35.5. The third-order valence-corrected chi connectivity index (χ3v) is 16.1. The first-order valence-corrected chi connectivity index (χ1v) is 24.7. The lowest BCUT2D eigenvalue weighted by Gasteiger charge is -2.29. The second-order valence-corrected chi connectivity index (χ2v) is 22.2. The third-order valence-electron chi connectivity index (χ3n) is 11.6. The number of sulfonamides is 1. The number of benzene rings is 2. The van der Waals surface area contributed by atoms with Crippen LogP contribution in [-0.2, 0) is 56.5 Å². The van der Waals surface area contributed by atoms with Crippen LogP contribution in [0.2, 0.25) is 5.02 Å². The standard InChI is InChI=1S/C44H44ClF8N7O5S2/c1-5-6-7-18-66(62,63)58-41-34-31(45)13-12-30(38(34)59(4)57-41)29-11-8-27(14-15-42(2,3)67(64,65)28-9-10-28)54-36(29)32(21-24-19-25(46)22-26(47)20-24)55-33(61)23-60-39-35(37(56-60)40(48)49)43(50,51)16-17-44(39,52)53/h8,11-13,19-20,22,28,32,40H,5-7,9-10,16-18,21,23H2,1-4H3,(H,55,61)(H,57,58)/t32-/m0/s1. The summed E-state index contributed by atoms with van der Waals surface area (Å²) in [6.45, 7) is 3.43. The van der Waals surface area contributed by atoms with E-state index in [9.17, 15) is 39.2 Å². The van der Waals surface area contributed by atoms with Gasteiger partial charge in [0.05, 0.1) is 44.2 Å². The molecule has 3 heterocycles. The lowest BCUT2D eigenvalue weighted by atomic mass is 9.89. The number of aryl methyl sites for hydroxylation is 1. The van der Waals surface area contributed by atoms with Crippen molar-refractivity contribution in [1.82, 2.24) is 29.9 Å². The summed E-state index contributed by atoms with van der Waals surface area (Å²) in [5, 5.41) is 9.92. The lowest BCUT2D eigenvalue weighted by molar-refractivity contribution is -0.123. The normalized spacial score (nSPS) is 16.4. The van der Waals surface area contributed by atoms with Crippen molar-refractivity contribution in [3.63, 3.8) is 0 Å². The van der Waals surface area contributed by atoms with E-state index in [1.54, 1.807) is 0 Å². The molecule has 1 saturated carbocycles. The van der Waals surface area contributed by atoms with Gasteiger partial charge in [-0.05, 0) is 81.3 Å². The number of aromatic nitrogens is 5. The maximum atomic E-state index is 15.4. The van der Waals surface area contributed by atoms with Crippen molar-refractivity contribution >= 4 is 54.1 Å². The first-order valence-electron chi connectivity index (χ1n) is 21.1. The van der Waals surface area contributed by atoms with E-state index in [1.165, 1.54) is 49.8 Å². The molecule has 7 rings (SSSR count). The molecule has 12 nitrogen and oxygen atoms in total. The van der Waals surface area contributed by atoms with Gasteiger partial charge in [0.25, 0.3) is 18.3 Å². The summed E-state index contributed by atoms with van der Waals surface area (Å²) in [6.07, 6.45) is -4.47. The van der Waals surface area contributed by atoms with Crippen molar-refractivity contribution in [2.75, 3.05) is 10.5 Å². The number of rotatable bonds is 16. The number of hydrogen-bond acceptors (Lipinski definition) is 8. The Balaban J connectivity index is 1.41. The number of halogens is 9. The summed E-state index contributed by atoms with van der Waals surface area (Å²) in [5.41, 5.74) is -4.64. The van der Waals surface area contributed by atoms with Gasteiger partial charge in [-0.3, -0.25) is 18.9 Å². The minimum absolute atomic E-state index is 0.0578. The van der Waals surface area contributed by atoms with E-state index in [1.807, 2.05) is 6.92 Å². The molecular formula is C44H44ClF8N7O5S2. The third kappa shape index (κ3) is 10.3. The van der Waals surface area contributed by atoms with Crippen LogP contribution in [0.15, 0.2) is 42.5 Å². The highest BCUT2D eigenvalue weighted by Crippen LogP contribution is 2.52. The first-order chi connectivity index (χ1) is 31.2. The molecule has 5 aromatic rings. The number of sulfone groups is 1. The Hall–Kier alpha value is -5.27. The summed E-state index contributed by atoms with van der Waals surface area (Å²) in [7, 11) is -6.20. The largest absolute Gasteiger partial charge is 0.346 e. The molecule has 0 spiro atoms. The zero-order valence-corrected chi connectivity index (χ0v) is 38.7. The van der Waals surface area contributed by atoms with Crippen LogP contribution in [0.25, 0.3) is 22.0 Å². The number of fused-ring (bicyclic) bond motifs is 2. The number of unbranched alkanes of at least 4 members (excludes halogenated alkanes) is 2. The molecule has 2 N–H and O–H groups in total. The lowest BCUT2D eigenvalue weighted by Crippen LogP contribution is -2.37. The molecule has 3 aromatic heterocycles. The summed E-state index contributed by atoms with van der Waals surface area (Å²) >= 11 is 6.70. The Kier molecular flexibility index (Phi) is 13.6. The number of alkyl halides is 6. The van der Waals surface area contributed by atoms with Crippen molar-refractivity contribution in [3.8, 4) is 23.0 Å². The number of carbonyl (C=O) groups excluding carboxylic acids is 1. The zero-order chi connectivity index (χ0) is 49.0. The van der Waals surface area contributed by atoms with Crippen LogP contribution < -0.4 is 10.0 Å². The Morgan fingerprint density at radius 3 is 2.24 bits per heavy atom. The number of pyridine rings is 1. The van der Waals surface area contributed by atoms with Gasteiger partial charge in [-0.2, -0.15) is 19.0 Å². The van der Waals surface area contributed by atoms with Gasteiger partial charge in [0.15, 0.2) is 15.7 Å². The molecule has 23 heteroatoms. The second kappa shape index (κ2) is 18.3. The SMILES string of the molecule is CCCCCS(=O)(=O)Nc1nn(C)c2c(-c3ccc(C#CC(C)(C)S(=O)(=O)C4CC4)nc3[C@H](Cc3cc(F)cc(F)c3)NC(=O)Cn3nc(C(F)F)c4c3C(F)(F)CCC4(F)F)ccc(Cl)c12. The molecule has 2 aromatic carbocycles. The summed E-state index contributed by atoms with van der Waals surface area (Å²) in [6, 6.07) is 6.69. The van der Waals surface area contributed by atoms with Crippen molar-refractivity contribution in [3.05, 3.63) is 93.0 Å². The van der Waals surface area contributed by atoms with Crippen LogP contribution in [0.3, 0.4) is 0 Å². The Morgan fingerprint density at radius 1 is 0.940 bits per heavy atom. The molecule has 0 unspecified atom stereocenters. The number of nitrogens with zero attached hydrogens (tertiary/aromatic N) is 5. The molecule has 2 aliphatic rings. The van der Waals surface area contributed by atoms with Crippen LogP contribution in [0.1, 0.15) is 112 Å². The van der Waals surface area contributed by atoms with Gasteiger partial charge < -0.3 is 5.32 Å². The molecule has 2 aliphatic carbocycles. The topological polar surface area (TPSA) is 158 Å². The van der Waals surface area contributed by atoms with Crippen LogP contribution in [0, 0.1) is 23.5 Å². The van der Waals surface area contributed by atoms with Crippen LogP contribution >= 0.6 is 11.6 Å². The van der Waals surface area contributed by atoms with E-state index in [0.717, 1.165) is 18.6 Å². The van der Waals surface area contributed by atoms with E-state index < -0.39 is 114 Å². The maximum Gasteiger partial charge on any atom is 0.290 e. The summed E-state index contributed by atoms with van der Waals surface area (Å²) in [4.78, 5) is 18.8. The van der Waals surface area contributed by atoms with Gasteiger partial charge in [-0.15, -0.1) is 0 Å². The number of nitrogens with one attached hydrogen (secondary N) is 2. The molecule has 0 radical (unpaired) electrons. The Morgan fingerprint density at radius 2 is 1.60 bits per heavy atom. The minimum Gasteiger partial charge on any atom is -0.346 e. The number of amides is 1. The molecule has 1 atom stereocenters. The van der Waals surface area contributed by atoms with E-state index >= 15 is 17.6 Å². The Bertz CT molecular complexity index is 3030. The van der Waals surface area contributed by atoms with Gasteiger partial charge in [0, 0.05) is 37.1 Å². The van der Waals surface area contributed by atoms with Crippen LogP contribution in [-0.4, -0.2) is 63.0 Å². The molecule has 1 amide bonds. The molecule has 67 heavy (non-hydrogen) atoms. The van der Waals surface area contributed by atoms with E-state index in [2.05, 4.69) is 32.1 Å². The first kappa shape index (κ1) is 49.6. The average Bonchev–Trinajstić information content (AvgIpc) is 3.94. The van der Waals surface area contributed by atoms with Crippen molar-refractivity contribution in [2.45, 2.75) is 113 Å². The minimum atomic E-state index is -4.14. The van der Waals surface area contributed by atoms with Gasteiger partial charge in [0.2, 0.25) is 15.9 Å². The molecule has 1 fully saturated rings. The fourth-order valence-electron chi connectivity index (χ4n) is 8.12. The summed E-state index contributed by atoms with van der Waals surface area (Å²) < 4.78 is 174. The number of anilines is 1.